The normalized spacial score (nSPS) is 13.9. The molecular formula is C8H18O3. The molecule has 0 aliphatic heterocycles. The van der Waals surface area contributed by atoms with Crippen LogP contribution in [0.3, 0.4) is 0 Å². The highest BCUT2D eigenvalue weighted by molar-refractivity contribution is 4.53. The molecule has 1 N–H and O–H groups in total. The molecule has 68 valence electrons. The molecule has 11 heavy (non-hydrogen) atoms. The highest BCUT2D eigenvalue weighted by Crippen LogP contribution is 1.95. The second-order valence-electron chi connectivity index (χ2n) is 2.64. The van der Waals surface area contributed by atoms with Gasteiger partial charge in [0.2, 0.25) is 0 Å². The van der Waals surface area contributed by atoms with Crippen LogP contribution in [0.25, 0.3) is 0 Å². The van der Waals surface area contributed by atoms with E-state index in [9.17, 15) is 0 Å². The van der Waals surface area contributed by atoms with Crippen LogP contribution in [0.15, 0.2) is 0 Å². The van der Waals surface area contributed by atoms with Gasteiger partial charge in [0.25, 0.3) is 0 Å². The van der Waals surface area contributed by atoms with E-state index in [1.807, 2.05) is 20.8 Å². The van der Waals surface area contributed by atoms with Crippen LogP contribution in [0.4, 0.5) is 0 Å². The van der Waals surface area contributed by atoms with Crippen molar-refractivity contribution in [3.8, 4) is 0 Å². The zero-order valence-electron chi connectivity index (χ0n) is 7.54. The van der Waals surface area contributed by atoms with E-state index in [1.165, 1.54) is 0 Å². The van der Waals surface area contributed by atoms with E-state index in [0.717, 1.165) is 0 Å². The van der Waals surface area contributed by atoms with Gasteiger partial charge in [0.15, 0.2) is 0 Å². The summed E-state index contributed by atoms with van der Waals surface area (Å²) in [5.41, 5.74) is 0. The van der Waals surface area contributed by atoms with Crippen LogP contribution in [0.1, 0.15) is 20.8 Å². The average Bonchev–Trinajstić information content (AvgIpc) is 1.97. The van der Waals surface area contributed by atoms with Gasteiger partial charge < -0.3 is 14.6 Å². The SMILES string of the molecule is CCOC(CO)COC(C)C. The fourth-order valence-corrected chi connectivity index (χ4v) is 0.689. The van der Waals surface area contributed by atoms with Gasteiger partial charge in [-0.2, -0.15) is 0 Å². The minimum atomic E-state index is -0.164. The van der Waals surface area contributed by atoms with E-state index in [-0.39, 0.29) is 18.8 Å². The molecule has 0 aromatic heterocycles. The summed E-state index contributed by atoms with van der Waals surface area (Å²) in [6.45, 7) is 6.94. The molecule has 3 nitrogen and oxygen atoms in total. The van der Waals surface area contributed by atoms with E-state index in [2.05, 4.69) is 0 Å². The molecule has 0 aliphatic rings. The van der Waals surface area contributed by atoms with Gasteiger partial charge in [-0.15, -0.1) is 0 Å². The van der Waals surface area contributed by atoms with Crippen molar-refractivity contribution < 1.29 is 14.6 Å². The van der Waals surface area contributed by atoms with Crippen molar-refractivity contribution in [2.24, 2.45) is 0 Å². The van der Waals surface area contributed by atoms with Crippen LogP contribution in [0, 0.1) is 0 Å². The van der Waals surface area contributed by atoms with E-state index in [1.54, 1.807) is 0 Å². The third kappa shape index (κ3) is 6.28. The zero-order valence-corrected chi connectivity index (χ0v) is 7.54. The lowest BCUT2D eigenvalue weighted by molar-refractivity contribution is -0.0528. The first-order valence-electron chi connectivity index (χ1n) is 4.04. The Kier molecular flexibility index (Phi) is 6.51. The summed E-state index contributed by atoms with van der Waals surface area (Å²) in [5, 5.41) is 8.77. The van der Waals surface area contributed by atoms with Gasteiger partial charge in [0.05, 0.1) is 19.3 Å². The van der Waals surface area contributed by atoms with Crippen LogP contribution in [-0.4, -0.2) is 37.1 Å². The lowest BCUT2D eigenvalue weighted by atomic mass is 10.4. The van der Waals surface area contributed by atoms with Crippen molar-refractivity contribution >= 4 is 0 Å². The van der Waals surface area contributed by atoms with Crippen molar-refractivity contribution in [3.05, 3.63) is 0 Å². The fraction of sp³-hybridized carbons (Fsp3) is 1.00. The molecular weight excluding hydrogens is 144 g/mol. The second-order valence-corrected chi connectivity index (χ2v) is 2.64. The molecule has 1 unspecified atom stereocenters. The van der Waals surface area contributed by atoms with Gasteiger partial charge in [0, 0.05) is 6.61 Å². The van der Waals surface area contributed by atoms with E-state index in [0.29, 0.717) is 13.2 Å². The van der Waals surface area contributed by atoms with Gasteiger partial charge in [0.1, 0.15) is 6.10 Å². The van der Waals surface area contributed by atoms with Crippen LogP contribution in [-0.2, 0) is 9.47 Å². The first kappa shape index (κ1) is 10.9. The summed E-state index contributed by atoms with van der Waals surface area (Å²) >= 11 is 0. The Morgan fingerprint density at radius 2 is 1.91 bits per heavy atom. The molecule has 0 saturated carbocycles. The Bertz CT molecular complexity index is 83.4. The summed E-state index contributed by atoms with van der Waals surface area (Å²) in [6.07, 6.45) is 0.0342. The third-order valence-corrected chi connectivity index (χ3v) is 1.22. The monoisotopic (exact) mass is 162 g/mol. The van der Waals surface area contributed by atoms with Crippen LogP contribution < -0.4 is 0 Å². The lowest BCUT2D eigenvalue weighted by Gasteiger charge is -2.15. The predicted molar refractivity (Wildman–Crippen MR) is 43.6 cm³/mol. The quantitative estimate of drug-likeness (QED) is 0.628. The topological polar surface area (TPSA) is 38.7 Å². The van der Waals surface area contributed by atoms with Gasteiger partial charge in [-0.3, -0.25) is 0 Å². The number of aliphatic hydroxyl groups excluding tert-OH is 1. The number of aliphatic hydroxyl groups is 1. The molecule has 0 aliphatic carbocycles. The summed E-state index contributed by atoms with van der Waals surface area (Å²) in [5.74, 6) is 0. The van der Waals surface area contributed by atoms with Crippen molar-refractivity contribution in [2.45, 2.75) is 33.0 Å². The Morgan fingerprint density at radius 1 is 1.27 bits per heavy atom. The largest absolute Gasteiger partial charge is 0.394 e. The van der Waals surface area contributed by atoms with E-state index in [4.69, 9.17) is 14.6 Å². The molecule has 0 heterocycles. The van der Waals surface area contributed by atoms with Crippen LogP contribution in [0.5, 0.6) is 0 Å². The smallest absolute Gasteiger partial charge is 0.104 e. The highest BCUT2D eigenvalue weighted by Gasteiger charge is 2.07. The Morgan fingerprint density at radius 3 is 2.27 bits per heavy atom. The summed E-state index contributed by atoms with van der Waals surface area (Å²) in [6, 6.07) is 0. The maximum absolute atomic E-state index is 8.77. The third-order valence-electron chi connectivity index (χ3n) is 1.22. The molecule has 0 rings (SSSR count). The summed E-state index contributed by atoms with van der Waals surface area (Å²) < 4.78 is 10.4. The molecule has 0 bridgehead atoms. The molecule has 0 amide bonds. The van der Waals surface area contributed by atoms with Crippen molar-refractivity contribution in [3.63, 3.8) is 0 Å². The van der Waals surface area contributed by atoms with Gasteiger partial charge in [-0.1, -0.05) is 0 Å². The Balaban J connectivity index is 3.35. The first-order chi connectivity index (χ1) is 5.20. The molecule has 0 radical (unpaired) electrons. The number of ether oxygens (including phenoxy) is 2. The molecule has 0 fully saturated rings. The minimum absolute atomic E-state index is 0.0283. The van der Waals surface area contributed by atoms with Crippen LogP contribution >= 0.6 is 0 Å². The Hall–Kier alpha value is -0.120. The molecule has 3 heteroatoms. The Labute approximate surface area is 68.3 Å². The van der Waals surface area contributed by atoms with Gasteiger partial charge in [-0.25, -0.2) is 0 Å². The maximum Gasteiger partial charge on any atom is 0.104 e. The van der Waals surface area contributed by atoms with Crippen LogP contribution in [0.2, 0.25) is 0 Å². The lowest BCUT2D eigenvalue weighted by Crippen LogP contribution is -2.25. The molecule has 0 spiro atoms. The highest BCUT2D eigenvalue weighted by atomic mass is 16.5. The first-order valence-corrected chi connectivity index (χ1v) is 4.04. The fourth-order valence-electron chi connectivity index (χ4n) is 0.689. The zero-order chi connectivity index (χ0) is 8.69. The van der Waals surface area contributed by atoms with Gasteiger partial charge >= 0.3 is 0 Å². The molecule has 0 aromatic carbocycles. The number of hydrogen-bond donors (Lipinski definition) is 1. The van der Waals surface area contributed by atoms with Crippen molar-refractivity contribution in [1.29, 1.82) is 0 Å². The molecule has 0 aromatic rings. The van der Waals surface area contributed by atoms with Gasteiger partial charge in [-0.05, 0) is 20.8 Å². The minimum Gasteiger partial charge on any atom is -0.394 e. The number of hydrogen-bond acceptors (Lipinski definition) is 3. The average molecular weight is 162 g/mol. The predicted octanol–water partition coefficient (Wildman–Crippen LogP) is 0.809. The molecule has 1 atom stereocenters. The molecule has 0 saturated heterocycles. The second kappa shape index (κ2) is 6.58. The standard InChI is InChI=1S/C8H18O3/c1-4-10-8(5-9)6-11-7(2)3/h7-9H,4-6H2,1-3H3. The van der Waals surface area contributed by atoms with E-state index < -0.39 is 0 Å². The van der Waals surface area contributed by atoms with Crippen molar-refractivity contribution in [2.75, 3.05) is 19.8 Å². The maximum atomic E-state index is 8.77. The summed E-state index contributed by atoms with van der Waals surface area (Å²) in [4.78, 5) is 0. The van der Waals surface area contributed by atoms with E-state index >= 15 is 0 Å². The number of rotatable bonds is 6. The van der Waals surface area contributed by atoms with Crippen molar-refractivity contribution in [1.82, 2.24) is 0 Å². The summed E-state index contributed by atoms with van der Waals surface area (Å²) in [7, 11) is 0.